The highest BCUT2D eigenvalue weighted by Crippen LogP contribution is 2.30. The minimum atomic E-state index is -0.0945. The Morgan fingerprint density at radius 3 is 2.70 bits per heavy atom. The molecule has 0 fully saturated rings. The smallest absolute Gasteiger partial charge is 0.191 e. The molecule has 3 rings (SSSR count). The summed E-state index contributed by atoms with van der Waals surface area (Å²) in [6, 6.07) is 7.70. The van der Waals surface area contributed by atoms with Gasteiger partial charge in [-0.15, -0.1) is 24.0 Å². The van der Waals surface area contributed by atoms with E-state index in [0.29, 0.717) is 13.2 Å². The molecule has 0 spiro atoms. The highest BCUT2D eigenvalue weighted by atomic mass is 127. The van der Waals surface area contributed by atoms with Crippen LogP contribution in [0.15, 0.2) is 33.8 Å². The Labute approximate surface area is 176 Å². The van der Waals surface area contributed by atoms with E-state index in [4.69, 9.17) is 14.0 Å². The predicted octanol–water partition coefficient (Wildman–Crippen LogP) is 2.85. The molecule has 2 N–H and O–H groups in total. The highest BCUT2D eigenvalue weighted by molar-refractivity contribution is 14.0. The molecule has 0 aliphatic carbocycles. The van der Waals surface area contributed by atoms with Gasteiger partial charge in [-0.05, 0) is 39.3 Å². The summed E-state index contributed by atoms with van der Waals surface area (Å²) in [5, 5.41) is 10.6. The zero-order valence-electron chi connectivity index (χ0n) is 15.9. The summed E-state index contributed by atoms with van der Waals surface area (Å²) in [5.41, 5.74) is 2.09. The molecule has 0 saturated carbocycles. The van der Waals surface area contributed by atoms with Crippen molar-refractivity contribution in [2.75, 3.05) is 26.2 Å². The summed E-state index contributed by atoms with van der Waals surface area (Å²) >= 11 is 0. The van der Waals surface area contributed by atoms with Crippen molar-refractivity contribution >= 4 is 29.9 Å². The van der Waals surface area contributed by atoms with Gasteiger partial charge in [-0.1, -0.05) is 17.3 Å². The maximum absolute atomic E-state index is 5.95. The molecule has 27 heavy (non-hydrogen) atoms. The van der Waals surface area contributed by atoms with Gasteiger partial charge >= 0.3 is 0 Å². The van der Waals surface area contributed by atoms with Crippen LogP contribution in [0.3, 0.4) is 0 Å². The predicted molar refractivity (Wildman–Crippen MR) is 115 cm³/mol. The lowest BCUT2D eigenvalue weighted by Crippen LogP contribution is -2.40. The summed E-state index contributed by atoms with van der Waals surface area (Å²) in [4.78, 5) is 4.62. The van der Waals surface area contributed by atoms with Crippen molar-refractivity contribution in [3.8, 4) is 11.5 Å². The van der Waals surface area contributed by atoms with Gasteiger partial charge in [-0.2, -0.15) is 0 Å². The van der Waals surface area contributed by atoms with E-state index in [1.54, 1.807) is 0 Å². The second kappa shape index (κ2) is 10.4. The molecular weight excluding hydrogens is 459 g/mol. The number of fused-ring (bicyclic) bond motifs is 1. The molecule has 0 bridgehead atoms. The van der Waals surface area contributed by atoms with Crippen LogP contribution in [-0.4, -0.2) is 43.5 Å². The number of para-hydroxylation sites is 2. The first kappa shape index (κ1) is 21.3. The fourth-order valence-corrected chi connectivity index (χ4v) is 2.85. The number of ether oxygens (including phenoxy) is 2. The van der Waals surface area contributed by atoms with Gasteiger partial charge in [0.05, 0.1) is 12.2 Å². The summed E-state index contributed by atoms with van der Waals surface area (Å²) in [6.45, 7) is 8.51. The van der Waals surface area contributed by atoms with Gasteiger partial charge in [-0.25, -0.2) is 4.99 Å². The number of hydrogen-bond acceptors (Lipinski definition) is 5. The summed E-state index contributed by atoms with van der Waals surface area (Å²) in [5.74, 6) is 3.20. The number of aryl methyl sites for hydroxylation is 2. The van der Waals surface area contributed by atoms with Crippen LogP contribution in [0.4, 0.5) is 0 Å². The van der Waals surface area contributed by atoms with Crippen LogP contribution < -0.4 is 20.1 Å². The molecule has 1 aliphatic heterocycles. The van der Waals surface area contributed by atoms with Gasteiger partial charge < -0.3 is 24.6 Å². The monoisotopic (exact) mass is 486 g/mol. The third-order valence-corrected chi connectivity index (χ3v) is 4.21. The Hall–Kier alpha value is -1.97. The van der Waals surface area contributed by atoms with Crippen molar-refractivity contribution in [1.82, 2.24) is 15.8 Å². The fraction of sp³-hybridized carbons (Fsp3) is 0.474. The highest BCUT2D eigenvalue weighted by Gasteiger charge is 2.20. The van der Waals surface area contributed by atoms with E-state index in [9.17, 15) is 0 Å². The van der Waals surface area contributed by atoms with Crippen molar-refractivity contribution in [3.63, 3.8) is 0 Å². The number of benzene rings is 1. The average molecular weight is 486 g/mol. The number of hydrogen-bond donors (Lipinski definition) is 2. The molecule has 2 aromatic rings. The van der Waals surface area contributed by atoms with Gasteiger partial charge in [0.15, 0.2) is 23.6 Å². The quantitative estimate of drug-likeness (QED) is 0.372. The van der Waals surface area contributed by atoms with Crippen LogP contribution in [0.25, 0.3) is 0 Å². The van der Waals surface area contributed by atoms with Crippen molar-refractivity contribution in [1.29, 1.82) is 0 Å². The van der Waals surface area contributed by atoms with Crippen LogP contribution in [0.5, 0.6) is 11.5 Å². The minimum absolute atomic E-state index is 0. The fourth-order valence-electron chi connectivity index (χ4n) is 2.85. The molecule has 1 aromatic heterocycles. The maximum atomic E-state index is 5.95. The molecule has 0 radical (unpaired) electrons. The van der Waals surface area contributed by atoms with Crippen LogP contribution in [0.2, 0.25) is 0 Å². The van der Waals surface area contributed by atoms with Gasteiger partial charge in [-0.3, -0.25) is 0 Å². The number of nitrogens with zero attached hydrogens (tertiary/aromatic N) is 2. The zero-order chi connectivity index (χ0) is 18.4. The summed E-state index contributed by atoms with van der Waals surface area (Å²) in [7, 11) is 0. The molecule has 148 valence electrons. The van der Waals surface area contributed by atoms with E-state index < -0.39 is 0 Å². The minimum Gasteiger partial charge on any atom is -0.486 e. The van der Waals surface area contributed by atoms with Crippen LogP contribution >= 0.6 is 24.0 Å². The molecule has 2 heterocycles. The van der Waals surface area contributed by atoms with E-state index in [1.807, 2.05) is 45.0 Å². The number of aliphatic imine (C=N–C) groups is 1. The second-order valence-electron chi connectivity index (χ2n) is 6.20. The molecule has 8 heteroatoms. The number of nitrogens with one attached hydrogen (secondary N) is 2. The van der Waals surface area contributed by atoms with Gasteiger partial charge in [0.2, 0.25) is 0 Å². The molecule has 1 unspecified atom stereocenters. The van der Waals surface area contributed by atoms with Gasteiger partial charge in [0.25, 0.3) is 0 Å². The third kappa shape index (κ3) is 5.75. The van der Waals surface area contributed by atoms with Gasteiger partial charge in [0.1, 0.15) is 12.4 Å². The Balaban J connectivity index is 0.00000261. The molecule has 0 saturated heterocycles. The molecule has 0 amide bonds. The van der Waals surface area contributed by atoms with E-state index in [1.165, 1.54) is 0 Å². The third-order valence-electron chi connectivity index (χ3n) is 4.21. The average Bonchev–Trinajstić information content (AvgIpc) is 2.98. The topological polar surface area (TPSA) is 80.9 Å². The van der Waals surface area contributed by atoms with Gasteiger partial charge in [0, 0.05) is 18.7 Å². The molecule has 7 nitrogen and oxygen atoms in total. The Morgan fingerprint density at radius 1 is 1.22 bits per heavy atom. The maximum Gasteiger partial charge on any atom is 0.191 e. The normalized spacial score (nSPS) is 15.8. The van der Waals surface area contributed by atoms with E-state index in [-0.39, 0.29) is 30.1 Å². The van der Waals surface area contributed by atoms with Crippen molar-refractivity contribution in [2.45, 2.75) is 33.3 Å². The summed E-state index contributed by atoms with van der Waals surface area (Å²) in [6.07, 6.45) is 0.741. The Kier molecular flexibility index (Phi) is 8.21. The first-order valence-corrected chi connectivity index (χ1v) is 8.99. The Bertz CT molecular complexity index is 744. The van der Waals surface area contributed by atoms with Crippen molar-refractivity contribution in [3.05, 3.63) is 41.3 Å². The van der Waals surface area contributed by atoms with E-state index >= 15 is 0 Å². The molecule has 1 aromatic carbocycles. The van der Waals surface area contributed by atoms with E-state index in [0.717, 1.165) is 54.0 Å². The van der Waals surface area contributed by atoms with Crippen LogP contribution in [0, 0.1) is 13.8 Å². The van der Waals surface area contributed by atoms with Crippen molar-refractivity contribution in [2.24, 2.45) is 4.99 Å². The lowest BCUT2D eigenvalue weighted by Gasteiger charge is -2.25. The van der Waals surface area contributed by atoms with Crippen molar-refractivity contribution < 1.29 is 14.0 Å². The first-order chi connectivity index (χ1) is 12.7. The number of rotatable bonds is 6. The lowest BCUT2D eigenvalue weighted by molar-refractivity contribution is 0.0971. The van der Waals surface area contributed by atoms with E-state index in [2.05, 4.69) is 20.8 Å². The molecule has 1 atom stereocenters. The second-order valence-corrected chi connectivity index (χ2v) is 6.20. The SMILES string of the molecule is CCNC(=NCC1COc2ccccc2O1)NCCc1c(C)noc1C.I. The zero-order valence-corrected chi connectivity index (χ0v) is 18.3. The number of aromatic nitrogens is 1. The summed E-state index contributed by atoms with van der Waals surface area (Å²) < 4.78 is 16.9. The largest absolute Gasteiger partial charge is 0.486 e. The molecular formula is C19H27IN4O3. The Morgan fingerprint density at radius 2 is 2.00 bits per heavy atom. The molecule has 1 aliphatic rings. The first-order valence-electron chi connectivity index (χ1n) is 8.99. The van der Waals surface area contributed by atoms with Crippen LogP contribution in [0.1, 0.15) is 23.9 Å². The van der Waals surface area contributed by atoms with Crippen LogP contribution in [-0.2, 0) is 6.42 Å². The number of halogens is 1. The number of guanidine groups is 1. The standard InChI is InChI=1S/C19H26N4O3.HI/c1-4-20-19(21-10-9-16-13(2)23-26-14(16)3)22-11-15-12-24-17-7-5-6-8-18(17)25-15;/h5-8,15H,4,9-12H2,1-3H3,(H2,20,21,22);1H. The lowest BCUT2D eigenvalue weighted by atomic mass is 10.1.